The first-order chi connectivity index (χ1) is 12.8. The number of sulfonamides is 1. The Hall–Kier alpha value is -1.77. The Balaban J connectivity index is 1.62. The molecule has 0 spiro atoms. The fraction of sp³-hybridized carbons (Fsp3) is 0.579. The molecule has 8 heteroatoms. The highest BCUT2D eigenvalue weighted by Gasteiger charge is 2.31. The summed E-state index contributed by atoms with van der Waals surface area (Å²) in [5.41, 5.74) is 1.05. The van der Waals surface area contributed by atoms with Crippen LogP contribution in [0.15, 0.2) is 33.6 Å². The Morgan fingerprint density at radius 2 is 1.67 bits per heavy atom. The smallest absolute Gasteiger partial charge is 0.243 e. The quantitative estimate of drug-likeness (QED) is 0.752. The van der Waals surface area contributed by atoms with Crippen LogP contribution < -0.4 is 0 Å². The van der Waals surface area contributed by atoms with Crippen LogP contribution in [0.3, 0.4) is 0 Å². The normalized spacial score (nSPS) is 18.1. The molecule has 1 unspecified atom stereocenters. The molecule has 0 aliphatic carbocycles. The fourth-order valence-electron chi connectivity index (χ4n) is 3.21. The number of aryl methyl sites for hydroxylation is 1. The van der Waals surface area contributed by atoms with Gasteiger partial charge in [0, 0.05) is 32.6 Å². The topological polar surface area (TPSA) is 79.5 Å². The Morgan fingerprint density at radius 3 is 2.26 bits per heavy atom. The molecule has 1 aromatic carbocycles. The second-order valence-electron chi connectivity index (χ2n) is 7.56. The lowest BCUT2D eigenvalue weighted by Crippen LogP contribution is -2.49. The summed E-state index contributed by atoms with van der Waals surface area (Å²) in [6.07, 6.45) is 0.766. The summed E-state index contributed by atoms with van der Waals surface area (Å²) in [6.45, 7) is 10.4. The predicted molar refractivity (Wildman–Crippen MR) is 103 cm³/mol. The van der Waals surface area contributed by atoms with Crippen molar-refractivity contribution < 1.29 is 12.8 Å². The third-order valence-corrected chi connectivity index (χ3v) is 6.82. The Bertz CT molecular complexity index is 853. The van der Waals surface area contributed by atoms with Crippen molar-refractivity contribution >= 4 is 10.0 Å². The van der Waals surface area contributed by atoms with Crippen LogP contribution in [0.1, 0.15) is 44.2 Å². The molecule has 1 atom stereocenters. The average Bonchev–Trinajstić information content (AvgIpc) is 3.09. The minimum Gasteiger partial charge on any atom is -0.424 e. The second-order valence-corrected chi connectivity index (χ2v) is 9.50. The van der Waals surface area contributed by atoms with Crippen LogP contribution in [-0.4, -0.2) is 54.0 Å². The zero-order chi connectivity index (χ0) is 19.6. The zero-order valence-corrected chi connectivity index (χ0v) is 17.2. The van der Waals surface area contributed by atoms with E-state index in [1.165, 1.54) is 0 Å². The molecule has 148 valence electrons. The second kappa shape index (κ2) is 8.08. The maximum Gasteiger partial charge on any atom is 0.243 e. The van der Waals surface area contributed by atoms with Gasteiger partial charge in [-0.2, -0.15) is 4.31 Å². The molecular formula is C19H28N4O3S. The Labute approximate surface area is 161 Å². The van der Waals surface area contributed by atoms with Crippen molar-refractivity contribution in [2.75, 3.05) is 26.2 Å². The summed E-state index contributed by atoms with van der Waals surface area (Å²) >= 11 is 0. The van der Waals surface area contributed by atoms with E-state index < -0.39 is 10.0 Å². The molecular weight excluding hydrogens is 364 g/mol. The zero-order valence-electron chi connectivity index (χ0n) is 16.4. The molecule has 3 rings (SSSR count). The van der Waals surface area contributed by atoms with E-state index in [0.717, 1.165) is 12.0 Å². The van der Waals surface area contributed by atoms with Crippen molar-refractivity contribution in [2.45, 2.75) is 45.1 Å². The molecule has 0 N–H and O–H groups in total. The minimum absolute atomic E-state index is 0.0253. The number of benzene rings is 1. The van der Waals surface area contributed by atoms with E-state index >= 15 is 0 Å². The number of nitrogens with zero attached hydrogens (tertiary/aromatic N) is 4. The maximum atomic E-state index is 12.8. The molecule has 27 heavy (non-hydrogen) atoms. The van der Waals surface area contributed by atoms with Crippen molar-refractivity contribution in [3.05, 3.63) is 41.6 Å². The highest BCUT2D eigenvalue weighted by atomic mass is 32.2. The lowest BCUT2D eigenvalue weighted by molar-refractivity contribution is 0.128. The van der Waals surface area contributed by atoms with Gasteiger partial charge in [0.15, 0.2) is 0 Å². The molecule has 1 aliphatic rings. The Kier molecular flexibility index (Phi) is 5.98. The van der Waals surface area contributed by atoms with Gasteiger partial charge in [-0.25, -0.2) is 8.42 Å². The van der Waals surface area contributed by atoms with Gasteiger partial charge in [0.25, 0.3) is 0 Å². The van der Waals surface area contributed by atoms with Crippen molar-refractivity contribution in [3.63, 3.8) is 0 Å². The molecule has 0 saturated carbocycles. The van der Waals surface area contributed by atoms with Crippen LogP contribution in [0.25, 0.3) is 0 Å². The lowest BCUT2D eigenvalue weighted by atomic mass is 10.1. The van der Waals surface area contributed by atoms with E-state index in [0.29, 0.717) is 48.8 Å². The molecule has 1 aromatic heterocycles. The summed E-state index contributed by atoms with van der Waals surface area (Å²) < 4.78 is 33.0. The van der Waals surface area contributed by atoms with Gasteiger partial charge in [0.2, 0.25) is 21.8 Å². The lowest BCUT2D eigenvalue weighted by Gasteiger charge is -2.36. The Morgan fingerprint density at radius 1 is 1.04 bits per heavy atom. The maximum absolute atomic E-state index is 12.8. The molecule has 0 radical (unpaired) electrons. The summed E-state index contributed by atoms with van der Waals surface area (Å²) in [5, 5.41) is 8.30. The van der Waals surface area contributed by atoms with Gasteiger partial charge in [-0.3, -0.25) is 4.90 Å². The molecule has 2 aromatic rings. The van der Waals surface area contributed by atoms with E-state index in [4.69, 9.17) is 4.42 Å². The number of rotatable bonds is 6. The largest absolute Gasteiger partial charge is 0.424 e. The molecule has 1 fully saturated rings. The first kappa shape index (κ1) is 20.0. The van der Waals surface area contributed by atoms with E-state index in [2.05, 4.69) is 28.9 Å². The van der Waals surface area contributed by atoms with Gasteiger partial charge < -0.3 is 4.42 Å². The first-order valence-electron chi connectivity index (χ1n) is 9.40. The molecule has 0 amide bonds. The van der Waals surface area contributed by atoms with E-state index in [1.54, 1.807) is 16.4 Å². The van der Waals surface area contributed by atoms with Crippen LogP contribution in [0.5, 0.6) is 0 Å². The monoisotopic (exact) mass is 392 g/mol. The number of hydrogen-bond acceptors (Lipinski definition) is 6. The van der Waals surface area contributed by atoms with Gasteiger partial charge in [-0.05, 0) is 31.9 Å². The molecule has 0 bridgehead atoms. The van der Waals surface area contributed by atoms with Crippen LogP contribution in [0, 0.1) is 12.8 Å². The van der Waals surface area contributed by atoms with Crippen molar-refractivity contribution in [1.29, 1.82) is 0 Å². The van der Waals surface area contributed by atoms with Gasteiger partial charge in [-0.1, -0.05) is 31.5 Å². The highest BCUT2D eigenvalue weighted by molar-refractivity contribution is 7.89. The molecule has 2 heterocycles. The van der Waals surface area contributed by atoms with Crippen LogP contribution in [0.2, 0.25) is 0 Å². The first-order valence-corrected chi connectivity index (χ1v) is 10.8. The average molecular weight is 393 g/mol. The van der Waals surface area contributed by atoms with E-state index in [-0.39, 0.29) is 6.04 Å². The van der Waals surface area contributed by atoms with Gasteiger partial charge in [-0.15, -0.1) is 10.2 Å². The highest BCUT2D eigenvalue weighted by Crippen LogP contribution is 2.24. The molecule has 1 aliphatic heterocycles. The summed E-state index contributed by atoms with van der Waals surface area (Å²) in [5.74, 6) is 1.72. The van der Waals surface area contributed by atoms with E-state index in [9.17, 15) is 8.42 Å². The third kappa shape index (κ3) is 4.56. The third-order valence-electron chi connectivity index (χ3n) is 4.90. The van der Waals surface area contributed by atoms with Crippen molar-refractivity contribution in [3.8, 4) is 0 Å². The number of aromatic nitrogens is 2. The number of hydrogen-bond donors (Lipinski definition) is 0. The van der Waals surface area contributed by atoms with Crippen molar-refractivity contribution in [2.24, 2.45) is 5.92 Å². The van der Waals surface area contributed by atoms with Gasteiger partial charge >= 0.3 is 0 Å². The van der Waals surface area contributed by atoms with Crippen molar-refractivity contribution in [1.82, 2.24) is 19.4 Å². The molecule has 7 nitrogen and oxygen atoms in total. The summed E-state index contributed by atoms with van der Waals surface area (Å²) in [4.78, 5) is 2.54. The fourth-order valence-corrected chi connectivity index (χ4v) is 4.64. The van der Waals surface area contributed by atoms with Gasteiger partial charge in [0.05, 0.1) is 10.9 Å². The van der Waals surface area contributed by atoms with Crippen LogP contribution in [0.4, 0.5) is 0 Å². The van der Waals surface area contributed by atoms with Gasteiger partial charge in [0.1, 0.15) is 0 Å². The summed E-state index contributed by atoms with van der Waals surface area (Å²) in [7, 11) is -3.45. The summed E-state index contributed by atoms with van der Waals surface area (Å²) in [6, 6.07) is 6.98. The SMILES string of the molecule is Cc1ccc(S(=O)(=O)N2CCN(C(C)c3nnc(CC(C)C)o3)CC2)cc1. The molecule has 1 saturated heterocycles. The van der Waals surface area contributed by atoms with Crippen LogP contribution in [-0.2, 0) is 16.4 Å². The predicted octanol–water partition coefficient (Wildman–Crippen LogP) is 2.64. The minimum atomic E-state index is -3.45. The number of piperazine rings is 1. The standard InChI is InChI=1S/C19H28N4O3S/c1-14(2)13-18-20-21-19(26-18)16(4)22-9-11-23(12-10-22)27(24,25)17-7-5-15(3)6-8-17/h5-8,14,16H,9-13H2,1-4H3. The van der Waals surface area contributed by atoms with E-state index in [1.807, 2.05) is 26.0 Å². The van der Waals surface area contributed by atoms with Crippen LogP contribution >= 0.6 is 0 Å².